The predicted octanol–water partition coefficient (Wildman–Crippen LogP) is 1.87. The van der Waals surface area contributed by atoms with Gasteiger partial charge in [0.25, 0.3) is 5.91 Å². The number of hydrogen-bond donors (Lipinski definition) is 2. The number of carbonyl (C=O) groups excluding carboxylic acids is 1. The molecule has 2 heterocycles. The molecule has 2 aliphatic heterocycles. The highest BCUT2D eigenvalue weighted by molar-refractivity contribution is 5.98. The smallest absolute Gasteiger partial charge is 0.481 e. The van der Waals surface area contributed by atoms with Crippen molar-refractivity contribution in [2.45, 2.75) is 19.1 Å². The molecule has 3 rings (SSSR count). The molecule has 7 nitrogen and oxygen atoms in total. The van der Waals surface area contributed by atoms with Crippen molar-refractivity contribution in [3.05, 3.63) is 23.8 Å². The third-order valence-corrected chi connectivity index (χ3v) is 4.31. The van der Waals surface area contributed by atoms with Crippen LogP contribution in [0.3, 0.4) is 0 Å². The van der Waals surface area contributed by atoms with Gasteiger partial charge in [0.2, 0.25) is 0 Å². The molecule has 1 atom stereocenters. The molecule has 2 N–H and O–H groups in total. The van der Waals surface area contributed by atoms with Crippen molar-refractivity contribution < 1.29 is 37.7 Å². The lowest BCUT2D eigenvalue weighted by Gasteiger charge is -2.27. The molecule has 9 heteroatoms. The molecule has 0 aliphatic carbocycles. The van der Waals surface area contributed by atoms with Crippen molar-refractivity contribution in [3.8, 4) is 11.5 Å². The predicted molar refractivity (Wildman–Crippen MR) is 79.6 cm³/mol. The zero-order valence-corrected chi connectivity index (χ0v) is 13.2. The third kappa shape index (κ3) is 3.81. The molecule has 0 aromatic heterocycles. The number of hydrogen-bond acceptors (Lipinski definition) is 5. The minimum absolute atomic E-state index is 0.111. The second-order valence-electron chi connectivity index (χ2n) is 5.90. The molecule has 1 aromatic rings. The number of para-hydroxylation sites is 1. The number of ether oxygens (including phenoxy) is 3. The number of carboxylic acids is 1. The van der Waals surface area contributed by atoms with Gasteiger partial charge in [-0.2, -0.15) is 0 Å². The summed E-state index contributed by atoms with van der Waals surface area (Å²) in [5.41, 5.74) is -0.134. The Morgan fingerprint density at radius 2 is 2.00 bits per heavy atom. The van der Waals surface area contributed by atoms with Crippen molar-refractivity contribution in [1.29, 1.82) is 0 Å². The van der Waals surface area contributed by atoms with Crippen molar-refractivity contribution >= 4 is 11.9 Å². The van der Waals surface area contributed by atoms with Crippen molar-refractivity contribution in [2.75, 3.05) is 19.8 Å². The monoisotopic (exact) mass is 357 g/mol. The fraction of sp³-hybridized carbons (Fsp3) is 0.500. The van der Waals surface area contributed by atoms with E-state index in [1.165, 1.54) is 18.2 Å². The maximum absolute atomic E-state index is 13.2. The maximum atomic E-state index is 13.2. The molecule has 0 spiro atoms. The largest absolute Gasteiger partial charge is 0.586 e. The Morgan fingerprint density at radius 1 is 1.28 bits per heavy atom. The van der Waals surface area contributed by atoms with E-state index >= 15 is 0 Å². The first kappa shape index (κ1) is 17.4. The number of rotatable bonds is 5. The summed E-state index contributed by atoms with van der Waals surface area (Å²) in [7, 11) is 0. The van der Waals surface area contributed by atoms with Gasteiger partial charge < -0.3 is 24.6 Å². The van der Waals surface area contributed by atoms with Crippen LogP contribution in [0.5, 0.6) is 11.5 Å². The highest BCUT2D eigenvalue weighted by atomic mass is 19.3. The summed E-state index contributed by atoms with van der Waals surface area (Å²) in [5.74, 6) is -3.20. The van der Waals surface area contributed by atoms with Gasteiger partial charge in [0.1, 0.15) is 0 Å². The maximum Gasteiger partial charge on any atom is 0.586 e. The van der Waals surface area contributed by atoms with E-state index in [2.05, 4.69) is 14.8 Å². The van der Waals surface area contributed by atoms with E-state index in [1.807, 2.05) is 0 Å². The van der Waals surface area contributed by atoms with Gasteiger partial charge >= 0.3 is 12.3 Å². The number of amides is 1. The Hall–Kier alpha value is -2.42. The first-order chi connectivity index (χ1) is 11.9. The Morgan fingerprint density at radius 3 is 2.68 bits per heavy atom. The van der Waals surface area contributed by atoms with Crippen LogP contribution in [0.25, 0.3) is 0 Å². The van der Waals surface area contributed by atoms with Gasteiger partial charge in [0.05, 0.1) is 11.5 Å². The number of fused-ring (bicyclic) bond motifs is 1. The Bertz CT molecular complexity index is 675. The quantitative estimate of drug-likeness (QED) is 0.836. The molecule has 136 valence electrons. The molecule has 0 saturated carbocycles. The zero-order chi connectivity index (χ0) is 18.0. The fourth-order valence-corrected chi connectivity index (χ4v) is 3.02. The van der Waals surface area contributed by atoms with Gasteiger partial charge in [-0.05, 0) is 30.9 Å². The number of aliphatic carboxylic acids is 1. The average Bonchev–Trinajstić information content (AvgIpc) is 2.89. The number of alkyl halides is 2. The van der Waals surface area contributed by atoms with E-state index in [1.54, 1.807) is 0 Å². The standard InChI is InChI=1S/C16H17F2NO6/c17-16(18)24-12-3-1-2-10(13(12)25-16)14(20)19-8-11(15(21)22)9-4-6-23-7-5-9/h1-3,9,11H,4-8H2,(H,19,20)(H,21,22). The van der Waals surface area contributed by atoms with Gasteiger partial charge in [-0.1, -0.05) is 6.07 Å². The molecule has 0 radical (unpaired) electrons. The summed E-state index contributed by atoms with van der Waals surface area (Å²) in [6.07, 6.45) is -2.64. The van der Waals surface area contributed by atoms with Crippen LogP contribution in [0, 0.1) is 11.8 Å². The van der Waals surface area contributed by atoms with E-state index in [4.69, 9.17) is 4.74 Å². The SMILES string of the molecule is O=C(NCC(C(=O)O)C1CCOCC1)c1cccc2c1OC(F)(F)O2. The van der Waals surface area contributed by atoms with E-state index in [0.29, 0.717) is 26.1 Å². The van der Waals surface area contributed by atoms with Crippen LogP contribution in [0.2, 0.25) is 0 Å². The van der Waals surface area contributed by atoms with Gasteiger partial charge in [-0.3, -0.25) is 9.59 Å². The first-order valence-electron chi connectivity index (χ1n) is 7.85. The number of nitrogens with one attached hydrogen (secondary N) is 1. The number of carboxylic acid groups (broad SMARTS) is 1. The molecule has 1 amide bonds. The van der Waals surface area contributed by atoms with Gasteiger partial charge in [-0.15, -0.1) is 8.78 Å². The minimum atomic E-state index is -3.83. The van der Waals surface area contributed by atoms with Crippen LogP contribution in [-0.2, 0) is 9.53 Å². The fourth-order valence-electron chi connectivity index (χ4n) is 3.02. The van der Waals surface area contributed by atoms with Gasteiger partial charge in [0, 0.05) is 19.8 Å². The van der Waals surface area contributed by atoms with E-state index in [-0.39, 0.29) is 29.5 Å². The van der Waals surface area contributed by atoms with Gasteiger partial charge in [-0.25, -0.2) is 0 Å². The number of benzene rings is 1. The average molecular weight is 357 g/mol. The van der Waals surface area contributed by atoms with Crippen LogP contribution in [0.4, 0.5) is 8.78 Å². The second-order valence-corrected chi connectivity index (χ2v) is 5.90. The lowest BCUT2D eigenvalue weighted by Crippen LogP contribution is -2.39. The lowest BCUT2D eigenvalue weighted by molar-refractivity contribution is -0.286. The molecule has 1 aromatic carbocycles. The third-order valence-electron chi connectivity index (χ3n) is 4.31. The second kappa shape index (κ2) is 6.83. The molecule has 0 bridgehead atoms. The number of carbonyl (C=O) groups is 2. The highest BCUT2D eigenvalue weighted by Crippen LogP contribution is 2.43. The van der Waals surface area contributed by atoms with Crippen LogP contribution in [0.15, 0.2) is 18.2 Å². The Kier molecular flexibility index (Phi) is 4.76. The molecule has 1 saturated heterocycles. The van der Waals surface area contributed by atoms with Crippen molar-refractivity contribution in [2.24, 2.45) is 11.8 Å². The highest BCUT2D eigenvalue weighted by Gasteiger charge is 2.45. The number of halogens is 2. The molecule has 1 fully saturated rings. The Labute approximate surface area is 141 Å². The van der Waals surface area contributed by atoms with Crippen LogP contribution in [-0.4, -0.2) is 43.0 Å². The summed E-state index contributed by atoms with van der Waals surface area (Å²) < 4.78 is 40.2. The zero-order valence-electron chi connectivity index (χ0n) is 13.2. The molecular weight excluding hydrogens is 340 g/mol. The molecule has 25 heavy (non-hydrogen) atoms. The minimum Gasteiger partial charge on any atom is -0.481 e. The summed E-state index contributed by atoms with van der Waals surface area (Å²) in [6.45, 7) is 0.851. The van der Waals surface area contributed by atoms with Crippen molar-refractivity contribution in [1.82, 2.24) is 5.32 Å². The van der Waals surface area contributed by atoms with E-state index < -0.39 is 24.1 Å². The lowest BCUT2D eigenvalue weighted by atomic mass is 9.86. The first-order valence-corrected chi connectivity index (χ1v) is 7.85. The van der Waals surface area contributed by atoms with Crippen LogP contribution >= 0.6 is 0 Å². The Balaban J connectivity index is 1.68. The van der Waals surface area contributed by atoms with Crippen LogP contribution < -0.4 is 14.8 Å². The molecule has 2 aliphatic rings. The van der Waals surface area contributed by atoms with Crippen LogP contribution in [0.1, 0.15) is 23.2 Å². The normalized spacial score (nSPS) is 20.1. The van der Waals surface area contributed by atoms with E-state index in [9.17, 15) is 23.5 Å². The molecular formula is C16H17F2NO6. The summed E-state index contributed by atoms with van der Waals surface area (Å²) in [5, 5.41) is 11.9. The summed E-state index contributed by atoms with van der Waals surface area (Å²) >= 11 is 0. The van der Waals surface area contributed by atoms with Gasteiger partial charge in [0.15, 0.2) is 11.5 Å². The summed E-state index contributed by atoms with van der Waals surface area (Å²) in [6, 6.07) is 3.95. The topological polar surface area (TPSA) is 94.1 Å². The molecule has 1 unspecified atom stereocenters. The summed E-state index contributed by atoms with van der Waals surface area (Å²) in [4.78, 5) is 23.8. The van der Waals surface area contributed by atoms with E-state index in [0.717, 1.165) is 0 Å². The van der Waals surface area contributed by atoms with Crippen molar-refractivity contribution in [3.63, 3.8) is 0 Å².